The Morgan fingerprint density at radius 2 is 1.74 bits per heavy atom. The lowest BCUT2D eigenvalue weighted by Crippen LogP contribution is -2.38. The fraction of sp³-hybridized carbons (Fsp3) is 0.867. The number of hydrogen-bond acceptors (Lipinski definition) is 2. The van der Waals surface area contributed by atoms with Gasteiger partial charge in [-0.15, -0.1) is 0 Å². The first-order valence-electron chi connectivity index (χ1n) is 7.40. The minimum Gasteiger partial charge on any atom is -0.481 e. The third kappa shape index (κ3) is 2.93. The number of nitrogens with one attached hydrogen (secondary N) is 1. The Balaban J connectivity index is 1.85. The molecule has 0 aromatic rings. The molecule has 108 valence electrons. The molecule has 1 amide bonds. The van der Waals surface area contributed by atoms with Gasteiger partial charge in [-0.25, -0.2) is 0 Å². The Bertz CT molecular complexity index is 366. The van der Waals surface area contributed by atoms with Crippen molar-refractivity contribution in [2.24, 2.45) is 16.7 Å². The van der Waals surface area contributed by atoms with Crippen LogP contribution in [0.15, 0.2) is 0 Å². The van der Waals surface area contributed by atoms with Gasteiger partial charge in [0.25, 0.3) is 0 Å². The van der Waals surface area contributed by atoms with Crippen molar-refractivity contribution in [1.29, 1.82) is 0 Å². The van der Waals surface area contributed by atoms with Crippen LogP contribution >= 0.6 is 0 Å². The third-order valence-corrected chi connectivity index (χ3v) is 5.27. The zero-order chi connectivity index (χ0) is 14.1. The summed E-state index contributed by atoms with van der Waals surface area (Å²) in [6, 6.07) is 0. The van der Waals surface area contributed by atoms with Crippen molar-refractivity contribution in [2.45, 2.75) is 58.8 Å². The van der Waals surface area contributed by atoms with Gasteiger partial charge >= 0.3 is 5.97 Å². The van der Waals surface area contributed by atoms with E-state index in [1.807, 2.05) is 0 Å². The van der Waals surface area contributed by atoms with E-state index in [0.29, 0.717) is 25.3 Å². The van der Waals surface area contributed by atoms with Gasteiger partial charge in [0, 0.05) is 13.0 Å². The van der Waals surface area contributed by atoms with Crippen LogP contribution in [0.1, 0.15) is 58.8 Å². The zero-order valence-corrected chi connectivity index (χ0v) is 12.0. The van der Waals surface area contributed by atoms with Gasteiger partial charge in [-0.05, 0) is 37.0 Å². The van der Waals surface area contributed by atoms with Crippen molar-refractivity contribution < 1.29 is 14.7 Å². The van der Waals surface area contributed by atoms with Crippen LogP contribution in [0.4, 0.5) is 0 Å². The number of hydrogen-bond donors (Lipinski definition) is 2. The van der Waals surface area contributed by atoms with Crippen molar-refractivity contribution >= 4 is 11.9 Å². The highest BCUT2D eigenvalue weighted by Crippen LogP contribution is 2.51. The number of carboxylic acid groups (broad SMARTS) is 1. The highest BCUT2D eigenvalue weighted by molar-refractivity contribution is 5.85. The lowest BCUT2D eigenvalue weighted by Gasteiger charge is -2.25. The van der Waals surface area contributed by atoms with E-state index in [1.54, 1.807) is 0 Å². The molecule has 2 rings (SSSR count). The Morgan fingerprint density at radius 1 is 1.16 bits per heavy atom. The Labute approximate surface area is 115 Å². The number of amides is 1. The number of carbonyl (C=O) groups excluding carboxylic acids is 1. The molecule has 0 aromatic heterocycles. The van der Waals surface area contributed by atoms with Crippen molar-refractivity contribution in [3.05, 3.63) is 0 Å². The molecule has 0 heterocycles. The van der Waals surface area contributed by atoms with E-state index in [2.05, 4.69) is 19.2 Å². The van der Waals surface area contributed by atoms with Gasteiger partial charge in [0.05, 0.1) is 5.41 Å². The van der Waals surface area contributed by atoms with Crippen molar-refractivity contribution in [2.75, 3.05) is 6.54 Å². The topological polar surface area (TPSA) is 66.4 Å². The minimum absolute atomic E-state index is 0.0868. The van der Waals surface area contributed by atoms with Crippen molar-refractivity contribution in [1.82, 2.24) is 5.32 Å². The summed E-state index contributed by atoms with van der Waals surface area (Å²) >= 11 is 0. The maximum atomic E-state index is 12.0. The average molecular weight is 267 g/mol. The van der Waals surface area contributed by atoms with E-state index >= 15 is 0 Å². The normalized spacial score (nSPS) is 23.3. The van der Waals surface area contributed by atoms with Gasteiger partial charge in [-0.2, -0.15) is 0 Å². The van der Waals surface area contributed by atoms with Crippen LogP contribution in [0.2, 0.25) is 0 Å². The van der Waals surface area contributed by atoms with Crippen molar-refractivity contribution in [3.63, 3.8) is 0 Å². The summed E-state index contributed by atoms with van der Waals surface area (Å²) in [5.41, 5.74) is -0.514. The predicted octanol–water partition coefficient (Wildman–Crippen LogP) is 2.57. The van der Waals surface area contributed by atoms with Crippen LogP contribution in [0.5, 0.6) is 0 Å². The second-order valence-electron chi connectivity index (χ2n) is 6.76. The van der Waals surface area contributed by atoms with Gasteiger partial charge in [0.1, 0.15) is 0 Å². The minimum atomic E-state index is -0.801. The van der Waals surface area contributed by atoms with E-state index in [9.17, 15) is 14.7 Å². The maximum Gasteiger partial charge on any atom is 0.310 e. The summed E-state index contributed by atoms with van der Waals surface area (Å²) in [5.74, 6) is -0.311. The molecule has 0 atom stereocenters. The molecule has 2 aliphatic carbocycles. The predicted molar refractivity (Wildman–Crippen MR) is 72.7 cm³/mol. The molecule has 0 aromatic carbocycles. The van der Waals surface area contributed by atoms with Gasteiger partial charge in [0.2, 0.25) is 5.91 Å². The van der Waals surface area contributed by atoms with Gasteiger partial charge < -0.3 is 10.4 Å². The SMILES string of the molecule is CC(C)C1(CNC(=O)CC2(C(=O)O)CCCC2)CC1. The zero-order valence-electron chi connectivity index (χ0n) is 12.0. The molecule has 2 fully saturated rings. The van der Waals surface area contributed by atoms with Crippen LogP contribution in [0, 0.1) is 16.7 Å². The Morgan fingerprint density at radius 3 is 2.16 bits per heavy atom. The van der Waals surface area contributed by atoms with Crippen molar-refractivity contribution in [3.8, 4) is 0 Å². The molecular formula is C15H25NO3. The largest absolute Gasteiger partial charge is 0.481 e. The Kier molecular flexibility index (Phi) is 3.88. The molecule has 0 radical (unpaired) electrons. The molecule has 4 nitrogen and oxygen atoms in total. The summed E-state index contributed by atoms with van der Waals surface area (Å²) in [7, 11) is 0. The number of carboxylic acids is 1. The smallest absolute Gasteiger partial charge is 0.310 e. The van der Waals surface area contributed by atoms with Gasteiger partial charge in [-0.3, -0.25) is 9.59 Å². The summed E-state index contributed by atoms with van der Waals surface area (Å²) in [5, 5.41) is 12.3. The van der Waals surface area contributed by atoms with Crippen LogP contribution in [0.3, 0.4) is 0 Å². The maximum absolute atomic E-state index is 12.0. The lowest BCUT2D eigenvalue weighted by atomic mass is 9.82. The average Bonchev–Trinajstić information content (AvgIpc) is 3.00. The molecule has 0 bridgehead atoms. The van der Waals surface area contributed by atoms with Crippen LogP contribution < -0.4 is 5.32 Å². The second kappa shape index (κ2) is 5.14. The molecular weight excluding hydrogens is 242 g/mol. The number of carbonyl (C=O) groups is 2. The van der Waals surface area contributed by atoms with Gasteiger partial charge in [-0.1, -0.05) is 26.7 Å². The number of aliphatic carboxylic acids is 1. The van der Waals surface area contributed by atoms with E-state index in [1.165, 1.54) is 12.8 Å². The first-order valence-corrected chi connectivity index (χ1v) is 7.40. The van der Waals surface area contributed by atoms with E-state index in [4.69, 9.17) is 0 Å². The quantitative estimate of drug-likeness (QED) is 0.777. The molecule has 19 heavy (non-hydrogen) atoms. The van der Waals surface area contributed by atoms with E-state index in [-0.39, 0.29) is 17.7 Å². The monoisotopic (exact) mass is 267 g/mol. The summed E-state index contributed by atoms with van der Waals surface area (Å²) in [4.78, 5) is 23.4. The fourth-order valence-electron chi connectivity index (χ4n) is 3.28. The summed E-state index contributed by atoms with van der Waals surface area (Å²) < 4.78 is 0. The van der Waals surface area contributed by atoms with E-state index < -0.39 is 11.4 Å². The van der Waals surface area contributed by atoms with Gasteiger partial charge in [0.15, 0.2) is 0 Å². The molecule has 4 heteroatoms. The van der Waals surface area contributed by atoms with Crippen LogP contribution in [0.25, 0.3) is 0 Å². The summed E-state index contributed by atoms with van der Waals surface area (Å²) in [6.07, 6.45) is 5.64. The molecule has 2 saturated carbocycles. The highest BCUT2D eigenvalue weighted by Gasteiger charge is 2.46. The second-order valence-corrected chi connectivity index (χ2v) is 6.76. The number of rotatable bonds is 6. The first kappa shape index (κ1) is 14.4. The lowest BCUT2D eigenvalue weighted by molar-refractivity contribution is -0.151. The van der Waals surface area contributed by atoms with E-state index in [0.717, 1.165) is 12.8 Å². The first-order chi connectivity index (χ1) is 8.90. The third-order valence-electron chi connectivity index (χ3n) is 5.27. The van der Waals surface area contributed by atoms with Crippen LogP contribution in [-0.2, 0) is 9.59 Å². The molecule has 0 unspecified atom stereocenters. The molecule has 0 aliphatic heterocycles. The van der Waals surface area contributed by atoms with Crippen LogP contribution in [-0.4, -0.2) is 23.5 Å². The molecule has 2 N–H and O–H groups in total. The molecule has 0 spiro atoms. The highest BCUT2D eigenvalue weighted by atomic mass is 16.4. The standard InChI is InChI=1S/C15H25NO3/c1-11(2)15(7-8-15)10-16-12(17)9-14(13(18)19)5-3-4-6-14/h11H,3-10H2,1-2H3,(H,16,17)(H,18,19). The molecule has 2 aliphatic rings. The Hall–Kier alpha value is -1.06. The fourth-order valence-corrected chi connectivity index (χ4v) is 3.28. The molecule has 0 saturated heterocycles. The summed E-state index contributed by atoms with van der Waals surface area (Å²) in [6.45, 7) is 5.09.